The first-order valence-electron chi connectivity index (χ1n) is 6.23. The highest BCUT2D eigenvalue weighted by molar-refractivity contribution is 5.62. The van der Waals surface area contributed by atoms with Crippen molar-refractivity contribution in [3.63, 3.8) is 0 Å². The lowest BCUT2D eigenvalue weighted by atomic mass is 9.66. The van der Waals surface area contributed by atoms with Crippen LogP contribution in [0.15, 0.2) is 24.3 Å². The van der Waals surface area contributed by atoms with E-state index in [-0.39, 0.29) is 0 Å². The van der Waals surface area contributed by atoms with Crippen molar-refractivity contribution in [3.05, 3.63) is 29.8 Å². The van der Waals surface area contributed by atoms with Gasteiger partial charge in [-0.25, -0.2) is 0 Å². The maximum Gasteiger partial charge on any atom is 0.0381 e. The maximum atomic E-state index is 3.73. The monoisotopic (exact) mass is 201 g/mol. The van der Waals surface area contributed by atoms with Crippen molar-refractivity contribution in [2.24, 2.45) is 0 Å². The number of rotatable bonds is 1. The molecule has 0 aromatic heterocycles. The fraction of sp³-hybridized carbons (Fsp3) is 0.571. The van der Waals surface area contributed by atoms with E-state index in [1.807, 2.05) is 0 Å². The van der Waals surface area contributed by atoms with Crippen LogP contribution in [0.25, 0.3) is 0 Å². The third kappa shape index (κ3) is 1.15. The number of fused-ring (bicyclic) bond motifs is 3. The highest BCUT2D eigenvalue weighted by atomic mass is 15.0. The second kappa shape index (κ2) is 3.26. The maximum absolute atomic E-state index is 3.73. The van der Waals surface area contributed by atoms with Crippen molar-refractivity contribution in [2.75, 3.05) is 5.32 Å². The SMILES string of the molecule is CC[C@]12CCCC[C@H]1Nc1ccccc12. The minimum Gasteiger partial charge on any atom is -0.381 e. The van der Waals surface area contributed by atoms with E-state index < -0.39 is 0 Å². The third-order valence-electron chi connectivity index (χ3n) is 4.46. The second-order valence-corrected chi connectivity index (χ2v) is 5.00. The van der Waals surface area contributed by atoms with E-state index >= 15 is 0 Å². The molecule has 1 aromatic rings. The normalized spacial score (nSPS) is 33.0. The van der Waals surface area contributed by atoms with E-state index in [0.29, 0.717) is 11.5 Å². The lowest BCUT2D eigenvalue weighted by Crippen LogP contribution is -2.41. The summed E-state index contributed by atoms with van der Waals surface area (Å²) in [5.74, 6) is 0. The summed E-state index contributed by atoms with van der Waals surface area (Å²) < 4.78 is 0. The average molecular weight is 201 g/mol. The first kappa shape index (κ1) is 9.26. The Balaban J connectivity index is 2.11. The molecular formula is C14H19N. The highest BCUT2D eigenvalue weighted by Crippen LogP contribution is 2.50. The van der Waals surface area contributed by atoms with E-state index in [0.717, 1.165) is 0 Å². The van der Waals surface area contributed by atoms with Crippen molar-refractivity contribution in [1.29, 1.82) is 0 Å². The molecule has 1 aliphatic carbocycles. The van der Waals surface area contributed by atoms with E-state index in [1.165, 1.54) is 37.8 Å². The Morgan fingerprint density at radius 1 is 1.33 bits per heavy atom. The fourth-order valence-electron chi connectivity index (χ4n) is 3.62. The van der Waals surface area contributed by atoms with Crippen LogP contribution >= 0.6 is 0 Å². The van der Waals surface area contributed by atoms with Gasteiger partial charge in [0.25, 0.3) is 0 Å². The van der Waals surface area contributed by atoms with Crippen molar-refractivity contribution in [2.45, 2.75) is 50.5 Å². The summed E-state index contributed by atoms with van der Waals surface area (Å²) in [4.78, 5) is 0. The minimum absolute atomic E-state index is 0.453. The van der Waals surface area contributed by atoms with Crippen LogP contribution in [0.1, 0.15) is 44.6 Å². The van der Waals surface area contributed by atoms with Gasteiger partial charge in [-0.05, 0) is 30.9 Å². The molecule has 3 rings (SSSR count). The zero-order valence-electron chi connectivity index (χ0n) is 9.42. The van der Waals surface area contributed by atoms with Gasteiger partial charge in [-0.2, -0.15) is 0 Å². The summed E-state index contributed by atoms with van der Waals surface area (Å²) in [6.07, 6.45) is 6.80. The molecular weight excluding hydrogens is 182 g/mol. The highest BCUT2D eigenvalue weighted by Gasteiger charge is 2.46. The van der Waals surface area contributed by atoms with Gasteiger partial charge in [-0.15, -0.1) is 0 Å². The first-order chi connectivity index (χ1) is 7.37. The Labute approximate surface area is 91.9 Å². The Bertz CT molecular complexity index is 371. The van der Waals surface area contributed by atoms with Gasteiger partial charge in [0.2, 0.25) is 0 Å². The number of anilines is 1. The molecule has 0 saturated heterocycles. The summed E-state index contributed by atoms with van der Waals surface area (Å²) in [7, 11) is 0. The number of hydrogen-bond donors (Lipinski definition) is 1. The molecule has 0 unspecified atom stereocenters. The second-order valence-electron chi connectivity index (χ2n) is 5.00. The zero-order chi connectivity index (χ0) is 10.3. The van der Waals surface area contributed by atoms with E-state index in [2.05, 4.69) is 36.5 Å². The van der Waals surface area contributed by atoms with Crippen molar-refractivity contribution in [1.82, 2.24) is 0 Å². The van der Waals surface area contributed by atoms with Gasteiger partial charge < -0.3 is 5.32 Å². The molecule has 15 heavy (non-hydrogen) atoms. The summed E-state index contributed by atoms with van der Waals surface area (Å²) in [5.41, 5.74) is 3.43. The van der Waals surface area contributed by atoms with Crippen molar-refractivity contribution >= 4 is 5.69 Å². The zero-order valence-corrected chi connectivity index (χ0v) is 9.42. The molecule has 1 aliphatic heterocycles. The molecule has 1 saturated carbocycles. The van der Waals surface area contributed by atoms with E-state index in [1.54, 1.807) is 5.56 Å². The van der Waals surface area contributed by atoms with Gasteiger partial charge in [-0.1, -0.05) is 38.0 Å². The van der Waals surface area contributed by atoms with Gasteiger partial charge in [0.05, 0.1) is 0 Å². The van der Waals surface area contributed by atoms with Gasteiger partial charge >= 0.3 is 0 Å². The first-order valence-corrected chi connectivity index (χ1v) is 6.23. The molecule has 2 aliphatic rings. The van der Waals surface area contributed by atoms with Crippen LogP contribution in [0.4, 0.5) is 5.69 Å². The molecule has 0 spiro atoms. The van der Waals surface area contributed by atoms with Crippen LogP contribution in [0.5, 0.6) is 0 Å². The van der Waals surface area contributed by atoms with Crippen LogP contribution in [0.2, 0.25) is 0 Å². The molecule has 0 radical (unpaired) electrons. The number of benzene rings is 1. The van der Waals surface area contributed by atoms with Crippen molar-refractivity contribution in [3.8, 4) is 0 Å². The van der Waals surface area contributed by atoms with Gasteiger partial charge in [-0.3, -0.25) is 0 Å². The Morgan fingerprint density at radius 3 is 3.07 bits per heavy atom. The molecule has 1 nitrogen and oxygen atoms in total. The largest absolute Gasteiger partial charge is 0.381 e. The van der Waals surface area contributed by atoms with Crippen LogP contribution in [0.3, 0.4) is 0 Å². The van der Waals surface area contributed by atoms with Crippen LogP contribution in [-0.4, -0.2) is 6.04 Å². The fourth-order valence-corrected chi connectivity index (χ4v) is 3.62. The topological polar surface area (TPSA) is 12.0 Å². The Hall–Kier alpha value is -0.980. The minimum atomic E-state index is 0.453. The summed E-state index contributed by atoms with van der Waals surface area (Å²) in [6, 6.07) is 9.61. The van der Waals surface area contributed by atoms with Gasteiger partial charge in [0.1, 0.15) is 0 Å². The smallest absolute Gasteiger partial charge is 0.0381 e. The molecule has 1 N–H and O–H groups in total. The van der Waals surface area contributed by atoms with Gasteiger partial charge in [0, 0.05) is 17.1 Å². The third-order valence-corrected chi connectivity index (χ3v) is 4.46. The number of para-hydroxylation sites is 1. The van der Waals surface area contributed by atoms with E-state index in [4.69, 9.17) is 0 Å². The Morgan fingerprint density at radius 2 is 2.20 bits per heavy atom. The quantitative estimate of drug-likeness (QED) is 0.730. The average Bonchev–Trinajstić information content (AvgIpc) is 2.64. The molecule has 1 heterocycles. The molecule has 2 atom stereocenters. The number of hydrogen-bond acceptors (Lipinski definition) is 1. The van der Waals surface area contributed by atoms with Crippen LogP contribution < -0.4 is 5.32 Å². The summed E-state index contributed by atoms with van der Waals surface area (Å²) in [5, 5.41) is 3.73. The summed E-state index contributed by atoms with van der Waals surface area (Å²) in [6.45, 7) is 2.35. The van der Waals surface area contributed by atoms with Crippen LogP contribution in [0, 0.1) is 0 Å². The Kier molecular flexibility index (Phi) is 2.01. The molecule has 1 heteroatoms. The molecule has 80 valence electrons. The lowest BCUT2D eigenvalue weighted by molar-refractivity contribution is 0.271. The predicted octanol–water partition coefficient (Wildman–Crippen LogP) is 3.70. The van der Waals surface area contributed by atoms with Crippen LogP contribution in [-0.2, 0) is 5.41 Å². The van der Waals surface area contributed by atoms with Crippen molar-refractivity contribution < 1.29 is 0 Å². The van der Waals surface area contributed by atoms with Gasteiger partial charge in [0.15, 0.2) is 0 Å². The molecule has 1 fully saturated rings. The standard InChI is InChI=1S/C14H19N/c1-2-14-10-6-5-9-13(14)15-12-8-4-3-7-11(12)14/h3-4,7-8,13,15H,2,5-6,9-10H2,1H3/t13-,14-/m1/s1. The molecule has 1 aromatic carbocycles. The lowest BCUT2D eigenvalue weighted by Gasteiger charge is -2.39. The predicted molar refractivity (Wildman–Crippen MR) is 64.3 cm³/mol. The molecule has 0 amide bonds. The molecule has 0 bridgehead atoms. The summed E-state index contributed by atoms with van der Waals surface area (Å²) >= 11 is 0. The number of nitrogens with one attached hydrogen (secondary N) is 1. The van der Waals surface area contributed by atoms with E-state index in [9.17, 15) is 0 Å².